The molecule has 2 N–H and O–H groups in total. The number of methoxy groups -OCH3 is 1. The van der Waals surface area contributed by atoms with Crippen LogP contribution in [0.2, 0.25) is 0 Å². The fourth-order valence-electron chi connectivity index (χ4n) is 4.17. The molecule has 0 bridgehead atoms. The number of nitrogens with zero attached hydrogens (tertiary/aromatic N) is 1. The first-order chi connectivity index (χ1) is 14.0. The van der Waals surface area contributed by atoms with Crippen molar-refractivity contribution in [1.82, 2.24) is 0 Å². The van der Waals surface area contributed by atoms with E-state index in [4.69, 9.17) is 0 Å². The number of hydrogen-bond donors (Lipinski definition) is 2. The van der Waals surface area contributed by atoms with Gasteiger partial charge in [0.1, 0.15) is 17.9 Å². The Morgan fingerprint density at radius 3 is 2.10 bits per heavy atom. The molecule has 160 valence electrons. The van der Waals surface area contributed by atoms with Gasteiger partial charge >= 0.3 is 5.97 Å². The number of rotatable bonds is 4. The van der Waals surface area contributed by atoms with Crippen LogP contribution in [-0.2, 0) is 20.4 Å². The summed E-state index contributed by atoms with van der Waals surface area (Å²) < 4.78 is 4.66. The van der Waals surface area contributed by atoms with Crippen molar-refractivity contribution >= 4 is 23.3 Å². The van der Waals surface area contributed by atoms with Crippen LogP contribution in [0.4, 0.5) is 11.4 Å². The maximum atomic E-state index is 12.7. The van der Waals surface area contributed by atoms with Crippen LogP contribution in [0.1, 0.15) is 62.0 Å². The Morgan fingerprint density at radius 2 is 1.53 bits per heavy atom. The molecule has 0 atom stereocenters. The van der Waals surface area contributed by atoms with Crippen LogP contribution in [0.15, 0.2) is 36.4 Å². The highest BCUT2D eigenvalue weighted by Crippen LogP contribution is 2.47. The summed E-state index contributed by atoms with van der Waals surface area (Å²) in [5.41, 5.74) is 3.37. The van der Waals surface area contributed by atoms with E-state index in [-0.39, 0.29) is 22.1 Å². The van der Waals surface area contributed by atoms with Crippen LogP contribution >= 0.6 is 0 Å². The third-order valence-corrected chi connectivity index (χ3v) is 6.12. The highest BCUT2D eigenvalue weighted by molar-refractivity contribution is 6.02. The molecule has 3 rings (SSSR count). The fourth-order valence-corrected chi connectivity index (χ4v) is 4.17. The van der Waals surface area contributed by atoms with E-state index >= 15 is 0 Å². The molecule has 2 aromatic carbocycles. The van der Waals surface area contributed by atoms with Gasteiger partial charge in [0.25, 0.3) is 5.91 Å². The zero-order valence-electron chi connectivity index (χ0n) is 18.2. The molecule has 0 saturated heterocycles. The predicted molar refractivity (Wildman–Crippen MR) is 115 cm³/mol. The molecule has 1 aliphatic rings. The maximum Gasteiger partial charge on any atom is 0.341 e. The number of phenolic OH excluding ortho intramolecular Hbond substituents is 1. The predicted octanol–water partition coefficient (Wildman–Crippen LogP) is 4.18. The topological polar surface area (TPSA) is 87.1 Å². The molecule has 0 fully saturated rings. The summed E-state index contributed by atoms with van der Waals surface area (Å²) in [4.78, 5) is 25.8. The summed E-state index contributed by atoms with van der Waals surface area (Å²) >= 11 is 0. The van der Waals surface area contributed by atoms with Gasteiger partial charge in [0.05, 0.1) is 12.8 Å². The lowest BCUT2D eigenvalue weighted by Gasteiger charge is -2.42. The van der Waals surface area contributed by atoms with Crippen molar-refractivity contribution in [3.8, 4) is 5.75 Å². The molecular weight excluding hydrogens is 382 g/mol. The van der Waals surface area contributed by atoms with Crippen molar-refractivity contribution in [2.75, 3.05) is 18.6 Å². The number of aromatic hydroxyl groups is 1. The van der Waals surface area contributed by atoms with E-state index in [1.54, 1.807) is 6.07 Å². The first-order valence-electron chi connectivity index (χ1n) is 10.0. The molecule has 0 aromatic heterocycles. The second-order valence-electron chi connectivity index (χ2n) is 9.08. The highest BCUT2D eigenvalue weighted by Gasteiger charge is 2.37. The number of amides is 1. The average Bonchev–Trinajstić information content (AvgIpc) is 2.71. The first-order valence-corrected chi connectivity index (χ1v) is 10.0. The van der Waals surface area contributed by atoms with Gasteiger partial charge in [-0.15, -0.1) is 0 Å². The van der Waals surface area contributed by atoms with Gasteiger partial charge in [0.15, 0.2) is 0 Å². The van der Waals surface area contributed by atoms with E-state index in [0.29, 0.717) is 11.4 Å². The minimum atomic E-state index is -0.689. The SMILES string of the molecule is COC(=O)c1ccc(N(C(=O)CO)c2ccc3c(c2)C(C)(C)CCC3(C)C)cc1O. The molecule has 6 heteroatoms. The largest absolute Gasteiger partial charge is 0.507 e. The summed E-state index contributed by atoms with van der Waals surface area (Å²) in [7, 11) is 1.23. The molecule has 0 radical (unpaired) electrons. The van der Waals surface area contributed by atoms with E-state index in [2.05, 4.69) is 32.4 Å². The number of anilines is 2. The van der Waals surface area contributed by atoms with E-state index < -0.39 is 18.5 Å². The normalized spacial score (nSPS) is 16.5. The second-order valence-corrected chi connectivity index (χ2v) is 9.08. The molecule has 6 nitrogen and oxygen atoms in total. The van der Waals surface area contributed by atoms with Gasteiger partial charge in [-0.2, -0.15) is 0 Å². The Hall–Kier alpha value is -2.86. The van der Waals surface area contributed by atoms with Crippen LogP contribution in [-0.4, -0.2) is 35.8 Å². The number of phenols is 1. The number of esters is 1. The molecule has 1 amide bonds. The number of ether oxygens (including phenoxy) is 1. The summed E-state index contributed by atoms with van der Waals surface area (Å²) in [5.74, 6) is -1.50. The molecule has 0 aliphatic heterocycles. The molecule has 0 saturated carbocycles. The molecule has 0 heterocycles. The number of aliphatic hydroxyl groups is 1. The first kappa shape index (κ1) is 21.8. The smallest absolute Gasteiger partial charge is 0.341 e. The lowest BCUT2D eigenvalue weighted by Crippen LogP contribution is -2.35. The van der Waals surface area contributed by atoms with E-state index in [1.807, 2.05) is 18.2 Å². The second kappa shape index (κ2) is 7.76. The Morgan fingerprint density at radius 1 is 0.967 bits per heavy atom. The molecule has 0 unspecified atom stereocenters. The standard InChI is InChI=1S/C24H29NO5/c1-23(2)10-11-24(3,4)19-12-15(7-9-18(19)23)25(21(28)14-26)16-6-8-17(20(27)13-16)22(29)30-5/h6-9,12-13,26-27H,10-11,14H2,1-5H3. The van der Waals surface area contributed by atoms with Crippen molar-refractivity contribution in [1.29, 1.82) is 0 Å². The zero-order chi connectivity index (χ0) is 22.3. The fraction of sp³-hybridized carbons (Fsp3) is 0.417. The van der Waals surface area contributed by atoms with Crippen molar-refractivity contribution < 1.29 is 24.5 Å². The Labute approximate surface area is 177 Å². The Bertz CT molecular complexity index is 993. The highest BCUT2D eigenvalue weighted by atomic mass is 16.5. The van der Waals surface area contributed by atoms with E-state index in [9.17, 15) is 19.8 Å². The molecule has 2 aromatic rings. The lowest BCUT2D eigenvalue weighted by atomic mass is 9.63. The minimum Gasteiger partial charge on any atom is -0.507 e. The van der Waals surface area contributed by atoms with Crippen molar-refractivity contribution in [2.24, 2.45) is 0 Å². The van der Waals surface area contributed by atoms with Crippen LogP contribution in [0, 0.1) is 0 Å². The number of hydrogen-bond acceptors (Lipinski definition) is 5. The number of aliphatic hydroxyl groups excluding tert-OH is 1. The molecule has 30 heavy (non-hydrogen) atoms. The average molecular weight is 411 g/mol. The Kier molecular flexibility index (Phi) is 5.65. The maximum absolute atomic E-state index is 12.7. The molecule has 0 spiro atoms. The molecular formula is C24H29NO5. The van der Waals surface area contributed by atoms with Crippen molar-refractivity contribution in [2.45, 2.75) is 51.4 Å². The van der Waals surface area contributed by atoms with Crippen LogP contribution in [0.5, 0.6) is 5.75 Å². The van der Waals surface area contributed by atoms with Crippen molar-refractivity contribution in [3.63, 3.8) is 0 Å². The van der Waals surface area contributed by atoms with Crippen LogP contribution < -0.4 is 4.90 Å². The number of carbonyl (C=O) groups excluding carboxylic acids is 2. The van der Waals surface area contributed by atoms with Crippen molar-refractivity contribution in [3.05, 3.63) is 53.1 Å². The van der Waals surface area contributed by atoms with Gasteiger partial charge in [-0.1, -0.05) is 33.8 Å². The quantitative estimate of drug-likeness (QED) is 0.737. The monoisotopic (exact) mass is 411 g/mol. The van der Waals surface area contributed by atoms with Gasteiger partial charge < -0.3 is 14.9 Å². The van der Waals surface area contributed by atoms with E-state index in [1.165, 1.54) is 35.3 Å². The Balaban J connectivity index is 2.14. The summed E-state index contributed by atoms with van der Waals surface area (Å²) in [6.07, 6.45) is 2.10. The summed E-state index contributed by atoms with van der Waals surface area (Å²) in [6.45, 7) is 8.15. The summed E-state index contributed by atoms with van der Waals surface area (Å²) in [5, 5.41) is 19.9. The van der Waals surface area contributed by atoms with Gasteiger partial charge in [-0.05, 0) is 59.1 Å². The van der Waals surface area contributed by atoms with E-state index in [0.717, 1.165) is 12.8 Å². The third kappa shape index (κ3) is 3.79. The van der Waals surface area contributed by atoms with Gasteiger partial charge in [-0.3, -0.25) is 9.69 Å². The van der Waals surface area contributed by atoms with Gasteiger partial charge in [0.2, 0.25) is 0 Å². The van der Waals surface area contributed by atoms with Crippen LogP contribution in [0.25, 0.3) is 0 Å². The van der Waals surface area contributed by atoms with Crippen LogP contribution in [0.3, 0.4) is 0 Å². The number of benzene rings is 2. The lowest BCUT2D eigenvalue weighted by molar-refractivity contribution is -0.120. The molecule has 1 aliphatic carbocycles. The third-order valence-electron chi connectivity index (χ3n) is 6.12. The number of carbonyl (C=O) groups is 2. The van der Waals surface area contributed by atoms with Gasteiger partial charge in [-0.25, -0.2) is 4.79 Å². The summed E-state index contributed by atoms with van der Waals surface area (Å²) in [6, 6.07) is 10.2. The zero-order valence-corrected chi connectivity index (χ0v) is 18.2. The van der Waals surface area contributed by atoms with Gasteiger partial charge in [0, 0.05) is 11.8 Å². The number of fused-ring (bicyclic) bond motifs is 1. The minimum absolute atomic E-state index is 0.00553.